The third-order valence-electron chi connectivity index (χ3n) is 4.53. The minimum Gasteiger partial charge on any atom is -0.0885 e. The average Bonchev–Trinajstić information content (AvgIpc) is 2.57. The van der Waals surface area contributed by atoms with Gasteiger partial charge in [-0.25, -0.2) is 0 Å². The fourth-order valence-corrected chi connectivity index (χ4v) is 2.91. The third-order valence-corrected chi connectivity index (χ3v) is 4.53. The molecule has 0 radical (unpaired) electrons. The summed E-state index contributed by atoms with van der Waals surface area (Å²) >= 11 is 0. The fourth-order valence-electron chi connectivity index (χ4n) is 2.91. The lowest BCUT2D eigenvalue weighted by Gasteiger charge is -2.01. The van der Waals surface area contributed by atoms with Crippen LogP contribution in [0.25, 0.3) is 0 Å². The van der Waals surface area contributed by atoms with Crippen molar-refractivity contribution in [3.05, 3.63) is 24.3 Å². The summed E-state index contributed by atoms with van der Waals surface area (Å²) in [6.07, 6.45) is 33.0. The van der Waals surface area contributed by atoms with Gasteiger partial charge in [0, 0.05) is 0 Å². The second-order valence-corrected chi connectivity index (χ2v) is 6.99. The van der Waals surface area contributed by atoms with E-state index in [-0.39, 0.29) is 0 Å². The van der Waals surface area contributed by atoms with Gasteiger partial charge in [0.15, 0.2) is 0 Å². The Labute approximate surface area is 147 Å². The van der Waals surface area contributed by atoms with Crippen LogP contribution < -0.4 is 0 Å². The molecular formula is C23H44. The molecule has 0 spiro atoms. The molecule has 0 heteroatoms. The van der Waals surface area contributed by atoms with E-state index in [2.05, 4.69) is 38.2 Å². The van der Waals surface area contributed by atoms with Crippen molar-refractivity contribution in [1.82, 2.24) is 0 Å². The van der Waals surface area contributed by atoms with Crippen LogP contribution in [0.2, 0.25) is 0 Å². The molecule has 136 valence electrons. The van der Waals surface area contributed by atoms with E-state index in [1.54, 1.807) is 0 Å². The fraction of sp³-hybridized carbons (Fsp3) is 0.826. The Morgan fingerprint density at radius 3 is 1.17 bits per heavy atom. The van der Waals surface area contributed by atoms with Gasteiger partial charge in [0.05, 0.1) is 0 Å². The van der Waals surface area contributed by atoms with Gasteiger partial charge in [-0.05, 0) is 32.1 Å². The van der Waals surface area contributed by atoms with Crippen LogP contribution in [0.5, 0.6) is 0 Å². The Morgan fingerprint density at radius 1 is 0.348 bits per heavy atom. The third kappa shape index (κ3) is 21.5. The van der Waals surface area contributed by atoms with Crippen LogP contribution >= 0.6 is 0 Å². The Balaban J connectivity index is 3.09. The SMILES string of the molecule is CCCCC=CCCC=CCCCCCCCCCCCCC. The van der Waals surface area contributed by atoms with Crippen LogP contribution in [0, 0.1) is 0 Å². The molecule has 0 saturated carbocycles. The summed E-state index contributed by atoms with van der Waals surface area (Å²) in [4.78, 5) is 0. The molecule has 0 bridgehead atoms. The monoisotopic (exact) mass is 320 g/mol. The van der Waals surface area contributed by atoms with Crippen LogP contribution in [0.3, 0.4) is 0 Å². The van der Waals surface area contributed by atoms with E-state index < -0.39 is 0 Å². The zero-order valence-corrected chi connectivity index (χ0v) is 16.3. The molecule has 0 aromatic carbocycles. The van der Waals surface area contributed by atoms with Gasteiger partial charge in [0.1, 0.15) is 0 Å². The Morgan fingerprint density at radius 2 is 0.696 bits per heavy atom. The van der Waals surface area contributed by atoms with Crippen LogP contribution in [0.1, 0.15) is 123 Å². The maximum Gasteiger partial charge on any atom is -0.0316 e. The molecule has 0 nitrogen and oxygen atoms in total. The Hall–Kier alpha value is -0.520. The molecule has 0 aromatic rings. The first-order valence-electron chi connectivity index (χ1n) is 10.7. The lowest BCUT2D eigenvalue weighted by Crippen LogP contribution is -1.82. The van der Waals surface area contributed by atoms with Gasteiger partial charge >= 0.3 is 0 Å². The molecular weight excluding hydrogens is 276 g/mol. The van der Waals surface area contributed by atoms with Crippen LogP contribution in [0.15, 0.2) is 24.3 Å². The second-order valence-electron chi connectivity index (χ2n) is 6.99. The number of hydrogen-bond acceptors (Lipinski definition) is 0. The summed E-state index contributed by atoms with van der Waals surface area (Å²) in [5.41, 5.74) is 0. The standard InChI is InChI=1S/C23H44/c1-3-5-7-9-11-13-15-17-19-21-23-22-20-18-16-14-12-10-8-6-4-2/h9,11,17,19H,3-8,10,12-16,18,20-23H2,1-2H3. The van der Waals surface area contributed by atoms with Crippen molar-refractivity contribution < 1.29 is 0 Å². The quantitative estimate of drug-likeness (QED) is 0.175. The van der Waals surface area contributed by atoms with Crippen molar-refractivity contribution >= 4 is 0 Å². The van der Waals surface area contributed by atoms with Crippen molar-refractivity contribution in [3.63, 3.8) is 0 Å². The highest BCUT2D eigenvalue weighted by molar-refractivity contribution is 4.87. The summed E-state index contributed by atoms with van der Waals surface area (Å²) in [6.45, 7) is 4.55. The van der Waals surface area contributed by atoms with Gasteiger partial charge in [-0.2, -0.15) is 0 Å². The number of rotatable bonds is 18. The van der Waals surface area contributed by atoms with E-state index in [1.807, 2.05) is 0 Å². The first-order valence-corrected chi connectivity index (χ1v) is 10.7. The van der Waals surface area contributed by atoms with Crippen molar-refractivity contribution in [3.8, 4) is 0 Å². The number of hydrogen-bond donors (Lipinski definition) is 0. The largest absolute Gasteiger partial charge is 0.0885 e. The minimum atomic E-state index is 1.22. The summed E-state index contributed by atoms with van der Waals surface area (Å²) in [7, 11) is 0. The molecule has 0 N–H and O–H groups in total. The van der Waals surface area contributed by atoms with E-state index in [0.717, 1.165) is 0 Å². The second kappa shape index (κ2) is 21.5. The molecule has 0 aliphatic heterocycles. The highest BCUT2D eigenvalue weighted by Crippen LogP contribution is 2.12. The average molecular weight is 321 g/mol. The summed E-state index contributed by atoms with van der Waals surface area (Å²) in [6, 6.07) is 0. The molecule has 23 heavy (non-hydrogen) atoms. The number of allylic oxidation sites excluding steroid dienone is 4. The van der Waals surface area contributed by atoms with Crippen molar-refractivity contribution in [2.75, 3.05) is 0 Å². The van der Waals surface area contributed by atoms with Gasteiger partial charge < -0.3 is 0 Å². The van der Waals surface area contributed by atoms with Crippen LogP contribution in [-0.4, -0.2) is 0 Å². The molecule has 0 fully saturated rings. The molecule has 0 unspecified atom stereocenters. The van der Waals surface area contributed by atoms with Crippen molar-refractivity contribution in [2.45, 2.75) is 123 Å². The first kappa shape index (κ1) is 22.5. The van der Waals surface area contributed by atoms with E-state index in [4.69, 9.17) is 0 Å². The molecule has 0 heterocycles. The predicted molar refractivity (Wildman–Crippen MR) is 108 cm³/mol. The van der Waals surface area contributed by atoms with E-state index in [0.29, 0.717) is 0 Å². The molecule has 0 aromatic heterocycles. The van der Waals surface area contributed by atoms with Gasteiger partial charge in [-0.15, -0.1) is 0 Å². The lowest BCUT2D eigenvalue weighted by molar-refractivity contribution is 0.550. The van der Waals surface area contributed by atoms with Crippen LogP contribution in [0.4, 0.5) is 0 Å². The van der Waals surface area contributed by atoms with Crippen LogP contribution in [-0.2, 0) is 0 Å². The Bertz CT molecular complexity index is 249. The Kier molecular flexibility index (Phi) is 21.0. The van der Waals surface area contributed by atoms with Gasteiger partial charge in [0.2, 0.25) is 0 Å². The van der Waals surface area contributed by atoms with Crippen molar-refractivity contribution in [2.24, 2.45) is 0 Å². The normalized spacial score (nSPS) is 11.9. The maximum atomic E-state index is 2.40. The van der Waals surface area contributed by atoms with Gasteiger partial charge in [-0.1, -0.05) is 115 Å². The lowest BCUT2D eigenvalue weighted by atomic mass is 10.1. The van der Waals surface area contributed by atoms with E-state index in [1.165, 1.54) is 109 Å². The van der Waals surface area contributed by atoms with Gasteiger partial charge in [-0.3, -0.25) is 0 Å². The topological polar surface area (TPSA) is 0 Å². The highest BCUT2D eigenvalue weighted by atomic mass is 14.0. The smallest absolute Gasteiger partial charge is 0.0316 e. The van der Waals surface area contributed by atoms with E-state index in [9.17, 15) is 0 Å². The molecule has 0 saturated heterocycles. The van der Waals surface area contributed by atoms with E-state index >= 15 is 0 Å². The first-order chi connectivity index (χ1) is 11.4. The summed E-state index contributed by atoms with van der Waals surface area (Å²) in [5, 5.41) is 0. The molecule has 0 aliphatic carbocycles. The zero-order chi connectivity index (χ0) is 16.8. The molecule has 0 aliphatic rings. The molecule has 0 rings (SSSR count). The van der Waals surface area contributed by atoms with Crippen molar-refractivity contribution in [1.29, 1.82) is 0 Å². The predicted octanol–water partition coefficient (Wildman–Crippen LogP) is 8.77. The summed E-state index contributed by atoms with van der Waals surface area (Å²) in [5.74, 6) is 0. The molecule has 0 amide bonds. The van der Waals surface area contributed by atoms with Gasteiger partial charge in [0.25, 0.3) is 0 Å². The zero-order valence-electron chi connectivity index (χ0n) is 16.3. The molecule has 0 atom stereocenters. The minimum absolute atomic E-state index is 1.22. The maximum absolute atomic E-state index is 2.40. The number of unbranched alkanes of at least 4 members (excludes halogenated alkanes) is 14. The highest BCUT2D eigenvalue weighted by Gasteiger charge is 1.92. The summed E-state index contributed by atoms with van der Waals surface area (Å²) < 4.78 is 0.